The van der Waals surface area contributed by atoms with Gasteiger partial charge in [0.1, 0.15) is 4.99 Å². The SMILES string of the molecule is COCc1cccc(Nc2nnccc2C(N)=S)c1. The second-order valence-electron chi connectivity index (χ2n) is 3.92. The lowest BCUT2D eigenvalue weighted by Crippen LogP contribution is -2.13. The summed E-state index contributed by atoms with van der Waals surface area (Å²) in [4.78, 5) is 0.283. The van der Waals surface area contributed by atoms with E-state index in [0.717, 1.165) is 11.3 Å². The topological polar surface area (TPSA) is 73.1 Å². The van der Waals surface area contributed by atoms with Crippen molar-refractivity contribution in [2.24, 2.45) is 5.73 Å². The van der Waals surface area contributed by atoms with E-state index in [9.17, 15) is 0 Å². The molecule has 19 heavy (non-hydrogen) atoms. The van der Waals surface area contributed by atoms with Crippen LogP contribution in [0.4, 0.5) is 11.5 Å². The maximum Gasteiger partial charge on any atom is 0.163 e. The Labute approximate surface area is 116 Å². The van der Waals surface area contributed by atoms with Gasteiger partial charge in [0.05, 0.1) is 18.4 Å². The van der Waals surface area contributed by atoms with Crippen molar-refractivity contribution in [2.45, 2.75) is 6.61 Å². The molecule has 3 N–H and O–H groups in total. The summed E-state index contributed by atoms with van der Waals surface area (Å²) in [5.74, 6) is 0.546. The van der Waals surface area contributed by atoms with E-state index < -0.39 is 0 Å². The van der Waals surface area contributed by atoms with Crippen molar-refractivity contribution in [3.05, 3.63) is 47.7 Å². The highest BCUT2D eigenvalue weighted by Gasteiger charge is 2.07. The summed E-state index contributed by atoms with van der Waals surface area (Å²) in [6, 6.07) is 9.56. The van der Waals surface area contributed by atoms with Gasteiger partial charge >= 0.3 is 0 Å². The van der Waals surface area contributed by atoms with Gasteiger partial charge in [-0.05, 0) is 23.8 Å². The number of ether oxygens (including phenoxy) is 1. The highest BCUT2D eigenvalue weighted by atomic mass is 32.1. The third kappa shape index (κ3) is 3.46. The van der Waals surface area contributed by atoms with Crippen molar-refractivity contribution in [3.63, 3.8) is 0 Å². The molecule has 6 heteroatoms. The monoisotopic (exact) mass is 274 g/mol. The molecule has 0 spiro atoms. The van der Waals surface area contributed by atoms with Crippen LogP contribution in [0.2, 0.25) is 0 Å². The van der Waals surface area contributed by atoms with Crippen LogP contribution in [0, 0.1) is 0 Å². The van der Waals surface area contributed by atoms with Crippen molar-refractivity contribution in [1.82, 2.24) is 10.2 Å². The third-order valence-electron chi connectivity index (χ3n) is 2.49. The Morgan fingerprint density at radius 2 is 2.26 bits per heavy atom. The van der Waals surface area contributed by atoms with E-state index >= 15 is 0 Å². The Balaban J connectivity index is 2.26. The number of thiocarbonyl (C=S) groups is 1. The van der Waals surface area contributed by atoms with E-state index in [1.807, 2.05) is 24.3 Å². The lowest BCUT2D eigenvalue weighted by Gasteiger charge is -2.10. The molecule has 0 saturated carbocycles. The van der Waals surface area contributed by atoms with Gasteiger partial charge in [-0.2, -0.15) is 5.10 Å². The van der Waals surface area contributed by atoms with Crippen LogP contribution < -0.4 is 11.1 Å². The highest BCUT2D eigenvalue weighted by Crippen LogP contribution is 2.19. The first-order chi connectivity index (χ1) is 9.20. The van der Waals surface area contributed by atoms with Gasteiger partial charge in [-0.25, -0.2) is 0 Å². The Morgan fingerprint density at radius 3 is 3.00 bits per heavy atom. The largest absolute Gasteiger partial charge is 0.389 e. The third-order valence-corrected chi connectivity index (χ3v) is 2.71. The highest BCUT2D eigenvalue weighted by molar-refractivity contribution is 7.80. The summed E-state index contributed by atoms with van der Waals surface area (Å²) in [5, 5.41) is 11.0. The first-order valence-electron chi connectivity index (χ1n) is 5.67. The van der Waals surface area contributed by atoms with Crippen LogP contribution in [0.5, 0.6) is 0 Å². The molecule has 1 aromatic heterocycles. The molecule has 0 bridgehead atoms. The van der Waals surface area contributed by atoms with Gasteiger partial charge < -0.3 is 15.8 Å². The van der Waals surface area contributed by atoms with E-state index in [4.69, 9.17) is 22.7 Å². The molecule has 2 aromatic rings. The molecule has 1 heterocycles. The zero-order valence-electron chi connectivity index (χ0n) is 10.5. The predicted octanol–water partition coefficient (Wildman–Crippen LogP) is 2.00. The molecule has 0 fully saturated rings. The molecule has 0 aliphatic heterocycles. The first kappa shape index (κ1) is 13.4. The van der Waals surface area contributed by atoms with Crippen molar-refractivity contribution < 1.29 is 4.74 Å². The van der Waals surface area contributed by atoms with Gasteiger partial charge in [-0.15, -0.1) is 5.10 Å². The minimum absolute atomic E-state index is 0.283. The summed E-state index contributed by atoms with van der Waals surface area (Å²) in [5.41, 5.74) is 8.26. The van der Waals surface area contributed by atoms with Crippen LogP contribution in [-0.2, 0) is 11.3 Å². The number of hydrogen-bond acceptors (Lipinski definition) is 5. The van der Waals surface area contributed by atoms with Crippen LogP contribution in [0.3, 0.4) is 0 Å². The number of hydrogen-bond donors (Lipinski definition) is 2. The fourth-order valence-corrected chi connectivity index (χ4v) is 1.83. The summed E-state index contributed by atoms with van der Waals surface area (Å²) in [7, 11) is 1.66. The zero-order valence-corrected chi connectivity index (χ0v) is 11.3. The van der Waals surface area contributed by atoms with Gasteiger partial charge in [-0.1, -0.05) is 24.4 Å². The first-order valence-corrected chi connectivity index (χ1v) is 6.08. The van der Waals surface area contributed by atoms with Crippen LogP contribution >= 0.6 is 12.2 Å². The second kappa shape index (κ2) is 6.21. The number of nitrogens with zero attached hydrogens (tertiary/aromatic N) is 2. The maximum absolute atomic E-state index is 5.65. The van der Waals surface area contributed by atoms with Gasteiger partial charge in [0, 0.05) is 12.8 Å². The van der Waals surface area contributed by atoms with Crippen molar-refractivity contribution >= 4 is 28.7 Å². The summed E-state index contributed by atoms with van der Waals surface area (Å²) >= 11 is 4.98. The van der Waals surface area contributed by atoms with E-state index in [2.05, 4.69) is 15.5 Å². The Bertz CT molecular complexity index is 588. The lowest BCUT2D eigenvalue weighted by atomic mass is 10.2. The fraction of sp³-hybridized carbons (Fsp3) is 0.154. The Hall–Kier alpha value is -2.05. The molecule has 1 aromatic carbocycles. The number of nitrogens with one attached hydrogen (secondary N) is 1. The minimum Gasteiger partial charge on any atom is -0.389 e. The molecule has 0 amide bonds. The molecule has 2 rings (SSSR count). The normalized spacial score (nSPS) is 10.2. The summed E-state index contributed by atoms with van der Waals surface area (Å²) in [6.45, 7) is 0.554. The standard InChI is InChI=1S/C13H14N4OS/c1-18-8-9-3-2-4-10(7-9)16-13-11(12(14)19)5-6-15-17-13/h2-7H,8H2,1H3,(H2,14,19)(H,16,17). The van der Waals surface area contributed by atoms with Gasteiger partial charge in [0.25, 0.3) is 0 Å². The molecule has 0 aliphatic carbocycles. The van der Waals surface area contributed by atoms with Crippen LogP contribution in [0.15, 0.2) is 36.5 Å². The molecule has 98 valence electrons. The zero-order chi connectivity index (χ0) is 13.7. The summed E-state index contributed by atoms with van der Waals surface area (Å²) in [6.07, 6.45) is 1.56. The number of nitrogens with two attached hydrogens (primary N) is 1. The number of methoxy groups -OCH3 is 1. The van der Waals surface area contributed by atoms with Crippen molar-refractivity contribution in [1.29, 1.82) is 0 Å². The van der Waals surface area contributed by atoms with Gasteiger partial charge in [0.2, 0.25) is 0 Å². The molecule has 5 nitrogen and oxygen atoms in total. The van der Waals surface area contributed by atoms with Crippen molar-refractivity contribution in [2.75, 3.05) is 12.4 Å². The van der Waals surface area contributed by atoms with E-state index in [-0.39, 0.29) is 4.99 Å². The number of benzene rings is 1. The molecule has 0 unspecified atom stereocenters. The average Bonchev–Trinajstić information content (AvgIpc) is 2.40. The van der Waals surface area contributed by atoms with Gasteiger partial charge in [0.15, 0.2) is 5.82 Å². The van der Waals surface area contributed by atoms with E-state index in [0.29, 0.717) is 18.0 Å². The molecule has 0 aliphatic rings. The summed E-state index contributed by atoms with van der Waals surface area (Å²) < 4.78 is 5.10. The average molecular weight is 274 g/mol. The Kier molecular flexibility index (Phi) is 4.38. The molecular formula is C13H14N4OS. The quantitative estimate of drug-likeness (QED) is 0.812. The Morgan fingerprint density at radius 1 is 1.42 bits per heavy atom. The minimum atomic E-state index is 0.283. The van der Waals surface area contributed by atoms with Crippen LogP contribution in [0.25, 0.3) is 0 Å². The second-order valence-corrected chi connectivity index (χ2v) is 4.36. The molecular weight excluding hydrogens is 260 g/mol. The molecule has 0 radical (unpaired) electrons. The van der Waals surface area contributed by atoms with E-state index in [1.54, 1.807) is 19.4 Å². The number of anilines is 2. The lowest BCUT2D eigenvalue weighted by molar-refractivity contribution is 0.185. The fourth-order valence-electron chi connectivity index (χ4n) is 1.67. The molecule has 0 atom stereocenters. The van der Waals surface area contributed by atoms with E-state index in [1.165, 1.54) is 0 Å². The maximum atomic E-state index is 5.65. The number of aromatic nitrogens is 2. The van der Waals surface area contributed by atoms with Crippen LogP contribution in [-0.4, -0.2) is 22.3 Å². The predicted molar refractivity (Wildman–Crippen MR) is 78.4 cm³/mol. The smallest absolute Gasteiger partial charge is 0.163 e. The molecule has 0 saturated heterocycles. The van der Waals surface area contributed by atoms with Crippen LogP contribution in [0.1, 0.15) is 11.1 Å². The number of rotatable bonds is 5. The van der Waals surface area contributed by atoms with Crippen molar-refractivity contribution in [3.8, 4) is 0 Å². The van der Waals surface area contributed by atoms with Gasteiger partial charge in [-0.3, -0.25) is 0 Å².